The van der Waals surface area contributed by atoms with Crippen LogP contribution in [-0.4, -0.2) is 58.1 Å². The highest BCUT2D eigenvalue weighted by atomic mass is 16.2. The SMILES string of the molecule is CC(=O)N1CCN(C(=O)Nc2n[nH]c3cc(-c4cccc(C)c4)ccc23)CC1. The first-order valence-corrected chi connectivity index (χ1v) is 9.38. The van der Waals surface area contributed by atoms with E-state index in [2.05, 4.69) is 40.6 Å². The number of benzene rings is 2. The number of hydrogen-bond acceptors (Lipinski definition) is 3. The lowest BCUT2D eigenvalue weighted by Crippen LogP contribution is -2.51. The minimum Gasteiger partial charge on any atom is -0.339 e. The van der Waals surface area contributed by atoms with Crippen LogP contribution in [0.1, 0.15) is 12.5 Å². The van der Waals surface area contributed by atoms with Gasteiger partial charge in [-0.1, -0.05) is 35.9 Å². The second-order valence-electron chi connectivity index (χ2n) is 7.13. The Labute approximate surface area is 163 Å². The molecule has 7 nitrogen and oxygen atoms in total. The van der Waals surface area contributed by atoms with E-state index in [0.29, 0.717) is 32.0 Å². The molecule has 3 aromatic rings. The van der Waals surface area contributed by atoms with Crippen LogP contribution in [0.2, 0.25) is 0 Å². The van der Waals surface area contributed by atoms with Gasteiger partial charge in [0.05, 0.1) is 5.52 Å². The van der Waals surface area contributed by atoms with E-state index in [1.165, 1.54) is 5.56 Å². The van der Waals surface area contributed by atoms with Gasteiger partial charge in [-0.2, -0.15) is 5.10 Å². The average Bonchev–Trinajstić information content (AvgIpc) is 3.10. The average molecular weight is 377 g/mol. The molecule has 2 aromatic carbocycles. The number of H-pyrrole nitrogens is 1. The fourth-order valence-electron chi connectivity index (χ4n) is 3.52. The third kappa shape index (κ3) is 3.55. The summed E-state index contributed by atoms with van der Waals surface area (Å²) >= 11 is 0. The van der Waals surface area contributed by atoms with Crippen molar-refractivity contribution in [1.82, 2.24) is 20.0 Å². The van der Waals surface area contributed by atoms with Crippen molar-refractivity contribution in [3.63, 3.8) is 0 Å². The number of nitrogens with one attached hydrogen (secondary N) is 2. The number of carbonyl (C=O) groups excluding carboxylic acids is 2. The number of anilines is 1. The minimum atomic E-state index is -0.195. The van der Waals surface area contributed by atoms with Crippen LogP contribution in [0.25, 0.3) is 22.0 Å². The van der Waals surface area contributed by atoms with Crippen LogP contribution in [-0.2, 0) is 4.79 Å². The number of amides is 3. The van der Waals surface area contributed by atoms with E-state index < -0.39 is 0 Å². The molecule has 1 aliphatic heterocycles. The molecule has 0 atom stereocenters. The summed E-state index contributed by atoms with van der Waals surface area (Å²) in [5.74, 6) is 0.563. The van der Waals surface area contributed by atoms with Crippen molar-refractivity contribution in [2.75, 3.05) is 31.5 Å². The molecule has 144 valence electrons. The molecule has 1 fully saturated rings. The summed E-state index contributed by atoms with van der Waals surface area (Å²) in [4.78, 5) is 27.4. The highest BCUT2D eigenvalue weighted by molar-refractivity contribution is 6.00. The Bertz CT molecular complexity index is 1030. The van der Waals surface area contributed by atoms with Crippen LogP contribution < -0.4 is 5.32 Å². The van der Waals surface area contributed by atoms with Gasteiger partial charge in [0.25, 0.3) is 0 Å². The van der Waals surface area contributed by atoms with E-state index in [4.69, 9.17) is 0 Å². The molecule has 0 spiro atoms. The topological polar surface area (TPSA) is 81.3 Å². The van der Waals surface area contributed by atoms with Crippen molar-refractivity contribution in [1.29, 1.82) is 0 Å². The zero-order valence-electron chi connectivity index (χ0n) is 16.0. The van der Waals surface area contributed by atoms with Gasteiger partial charge in [0.15, 0.2) is 5.82 Å². The maximum Gasteiger partial charge on any atom is 0.323 e. The third-order valence-corrected chi connectivity index (χ3v) is 5.15. The molecule has 2 N–H and O–H groups in total. The van der Waals surface area contributed by atoms with E-state index in [-0.39, 0.29) is 11.9 Å². The summed E-state index contributed by atoms with van der Waals surface area (Å²) in [6.07, 6.45) is 0. The van der Waals surface area contributed by atoms with Crippen LogP contribution >= 0.6 is 0 Å². The third-order valence-electron chi connectivity index (χ3n) is 5.15. The molecule has 1 aromatic heterocycles. The molecule has 7 heteroatoms. The van der Waals surface area contributed by atoms with Crippen LogP contribution in [0, 0.1) is 6.92 Å². The second kappa shape index (κ2) is 7.34. The Morgan fingerprint density at radius 3 is 2.43 bits per heavy atom. The number of hydrogen-bond donors (Lipinski definition) is 2. The fourth-order valence-corrected chi connectivity index (χ4v) is 3.52. The molecule has 0 aliphatic carbocycles. The maximum atomic E-state index is 12.6. The fraction of sp³-hybridized carbons (Fsp3) is 0.286. The van der Waals surface area contributed by atoms with E-state index in [9.17, 15) is 9.59 Å². The molecule has 28 heavy (non-hydrogen) atoms. The van der Waals surface area contributed by atoms with Crippen LogP contribution in [0.4, 0.5) is 10.6 Å². The first kappa shape index (κ1) is 18.0. The predicted molar refractivity (Wildman–Crippen MR) is 109 cm³/mol. The van der Waals surface area contributed by atoms with Gasteiger partial charge in [0.1, 0.15) is 0 Å². The summed E-state index contributed by atoms with van der Waals surface area (Å²) < 4.78 is 0. The number of aromatic nitrogens is 2. The van der Waals surface area contributed by atoms with Crippen molar-refractivity contribution >= 4 is 28.7 Å². The number of urea groups is 1. The lowest BCUT2D eigenvalue weighted by atomic mass is 10.0. The number of aromatic amines is 1. The lowest BCUT2D eigenvalue weighted by Gasteiger charge is -2.33. The molecular weight excluding hydrogens is 354 g/mol. The predicted octanol–water partition coefficient (Wildman–Crippen LogP) is 3.23. The first-order valence-electron chi connectivity index (χ1n) is 9.38. The smallest absolute Gasteiger partial charge is 0.323 e. The van der Waals surface area contributed by atoms with Crippen molar-refractivity contribution in [3.8, 4) is 11.1 Å². The van der Waals surface area contributed by atoms with Crippen molar-refractivity contribution in [2.24, 2.45) is 0 Å². The molecule has 0 unspecified atom stereocenters. The molecule has 2 heterocycles. The van der Waals surface area contributed by atoms with Crippen LogP contribution in [0.5, 0.6) is 0 Å². The summed E-state index contributed by atoms with van der Waals surface area (Å²) in [5, 5.41) is 11.0. The quantitative estimate of drug-likeness (QED) is 0.719. The largest absolute Gasteiger partial charge is 0.339 e. The van der Waals surface area contributed by atoms with Gasteiger partial charge in [0, 0.05) is 38.5 Å². The molecule has 1 aliphatic rings. The second-order valence-corrected chi connectivity index (χ2v) is 7.13. The maximum absolute atomic E-state index is 12.6. The van der Waals surface area contributed by atoms with E-state index in [0.717, 1.165) is 22.0 Å². The highest BCUT2D eigenvalue weighted by Gasteiger charge is 2.23. The number of nitrogens with zero attached hydrogens (tertiary/aromatic N) is 3. The standard InChI is InChI=1S/C21H23N5O2/c1-14-4-3-5-16(12-14)17-6-7-18-19(13-17)23-24-20(18)22-21(28)26-10-8-25(9-11-26)15(2)27/h3-7,12-13H,8-11H2,1-2H3,(H2,22,23,24,28). The summed E-state index contributed by atoms with van der Waals surface area (Å²) in [6.45, 7) is 5.78. The van der Waals surface area contributed by atoms with Crippen LogP contribution in [0.3, 0.4) is 0 Å². The minimum absolute atomic E-state index is 0.0442. The Balaban J connectivity index is 1.49. The van der Waals surface area contributed by atoms with E-state index in [1.807, 2.05) is 24.3 Å². The Morgan fingerprint density at radius 2 is 1.71 bits per heavy atom. The van der Waals surface area contributed by atoms with Crippen molar-refractivity contribution in [3.05, 3.63) is 48.0 Å². The van der Waals surface area contributed by atoms with Gasteiger partial charge in [-0.05, 0) is 30.2 Å². The van der Waals surface area contributed by atoms with Gasteiger partial charge in [0.2, 0.25) is 5.91 Å². The molecule has 3 amide bonds. The monoisotopic (exact) mass is 377 g/mol. The lowest BCUT2D eigenvalue weighted by molar-refractivity contribution is -0.130. The molecule has 4 rings (SSSR count). The zero-order valence-corrected chi connectivity index (χ0v) is 16.0. The van der Waals surface area contributed by atoms with Gasteiger partial charge in [-0.15, -0.1) is 0 Å². The molecule has 1 saturated heterocycles. The molecule has 0 bridgehead atoms. The van der Waals surface area contributed by atoms with Gasteiger partial charge in [-0.25, -0.2) is 4.79 Å². The Kier molecular flexibility index (Phi) is 4.73. The molecular formula is C21H23N5O2. The number of aryl methyl sites for hydroxylation is 1. The summed E-state index contributed by atoms with van der Waals surface area (Å²) in [6, 6.07) is 14.2. The molecule has 0 saturated carbocycles. The normalized spacial score (nSPS) is 14.4. The summed E-state index contributed by atoms with van der Waals surface area (Å²) in [5.41, 5.74) is 4.32. The van der Waals surface area contributed by atoms with Crippen LogP contribution in [0.15, 0.2) is 42.5 Å². The molecule has 0 radical (unpaired) electrons. The van der Waals surface area contributed by atoms with E-state index in [1.54, 1.807) is 16.7 Å². The van der Waals surface area contributed by atoms with Gasteiger partial charge >= 0.3 is 6.03 Å². The highest BCUT2D eigenvalue weighted by Crippen LogP contribution is 2.27. The number of piperazine rings is 1. The Hall–Kier alpha value is -3.35. The zero-order chi connectivity index (χ0) is 19.7. The Morgan fingerprint density at radius 1 is 1.00 bits per heavy atom. The van der Waals surface area contributed by atoms with E-state index >= 15 is 0 Å². The van der Waals surface area contributed by atoms with Gasteiger partial charge < -0.3 is 9.80 Å². The number of fused-ring (bicyclic) bond motifs is 1. The summed E-state index contributed by atoms with van der Waals surface area (Å²) in [7, 11) is 0. The van der Waals surface area contributed by atoms with Gasteiger partial charge in [-0.3, -0.25) is 15.2 Å². The number of rotatable bonds is 2. The first-order chi connectivity index (χ1) is 13.5. The van der Waals surface area contributed by atoms with Crippen molar-refractivity contribution in [2.45, 2.75) is 13.8 Å². The van der Waals surface area contributed by atoms with Crippen molar-refractivity contribution < 1.29 is 9.59 Å². The number of carbonyl (C=O) groups is 2.